The molecule has 13 nitrogen and oxygen atoms in total. The molecule has 2 amide bonds. The number of carbonyl (C=O) groups excluding carboxylic acids is 2. The second-order valence-electron chi connectivity index (χ2n) is 15.7. The second kappa shape index (κ2) is 15.4. The molecule has 2 aromatic carbocycles. The number of ether oxygens (including phenoxy) is 1. The summed E-state index contributed by atoms with van der Waals surface area (Å²) in [6, 6.07) is 11.1. The van der Waals surface area contributed by atoms with E-state index in [1.165, 1.54) is 34.4 Å². The van der Waals surface area contributed by atoms with Crippen molar-refractivity contribution in [3.63, 3.8) is 0 Å². The molecule has 0 unspecified atom stereocenters. The van der Waals surface area contributed by atoms with Crippen LogP contribution in [0.5, 0.6) is 5.75 Å². The van der Waals surface area contributed by atoms with Crippen molar-refractivity contribution in [3.05, 3.63) is 70.3 Å². The molecule has 2 aromatic rings. The van der Waals surface area contributed by atoms with Gasteiger partial charge in [-0.25, -0.2) is 13.1 Å². The Labute approximate surface area is 323 Å². The Morgan fingerprint density at radius 3 is 2.59 bits per heavy atom. The van der Waals surface area contributed by atoms with E-state index in [0.717, 1.165) is 36.4 Å². The second-order valence-corrected chi connectivity index (χ2v) is 20.2. The first-order valence-electron chi connectivity index (χ1n) is 18.8. The van der Waals surface area contributed by atoms with Crippen molar-refractivity contribution in [2.45, 2.75) is 68.1 Å². The molecule has 0 radical (unpaired) electrons. The first-order chi connectivity index (χ1) is 25.7. The Hall–Kier alpha value is -3.21. The number of aliphatic hydroxyl groups is 1. The van der Waals surface area contributed by atoms with E-state index >= 15 is 0 Å². The minimum Gasteiger partial charge on any atom is -0.490 e. The Kier molecular flexibility index (Phi) is 11.1. The zero-order valence-corrected chi connectivity index (χ0v) is 33.2. The van der Waals surface area contributed by atoms with Crippen molar-refractivity contribution < 1.29 is 36.3 Å². The van der Waals surface area contributed by atoms with E-state index in [2.05, 4.69) is 15.7 Å². The van der Waals surface area contributed by atoms with Gasteiger partial charge in [-0.15, -0.1) is 0 Å². The Bertz CT molecular complexity index is 2020. The number of allylic oxidation sites excluding steroid dienone is 1. The topological polar surface area (TPSA) is 157 Å². The molecule has 5 aliphatic rings. The van der Waals surface area contributed by atoms with E-state index in [1.807, 2.05) is 12.1 Å². The zero-order chi connectivity index (χ0) is 38.4. The van der Waals surface area contributed by atoms with Gasteiger partial charge in [0.1, 0.15) is 5.75 Å². The van der Waals surface area contributed by atoms with Crippen molar-refractivity contribution in [2.75, 3.05) is 64.9 Å². The van der Waals surface area contributed by atoms with Crippen LogP contribution in [0, 0.1) is 11.8 Å². The fourth-order valence-corrected chi connectivity index (χ4v) is 11.5. The predicted octanol–water partition coefficient (Wildman–Crippen LogP) is 3.32. The number of sulfonamides is 1. The van der Waals surface area contributed by atoms with E-state index in [0.29, 0.717) is 36.2 Å². The highest BCUT2D eigenvalue weighted by atomic mass is 35.5. The molecular formula is C38H50ClN5O8S2. The van der Waals surface area contributed by atoms with Crippen molar-refractivity contribution in [1.82, 2.24) is 18.2 Å². The average Bonchev–Trinajstić information content (AvgIpc) is 3.27. The summed E-state index contributed by atoms with van der Waals surface area (Å²) in [4.78, 5) is 31.1. The van der Waals surface area contributed by atoms with Crippen molar-refractivity contribution in [2.24, 2.45) is 11.8 Å². The number of carbonyl (C=O) groups is 2. The van der Waals surface area contributed by atoms with Gasteiger partial charge >= 0.3 is 0 Å². The number of fused-ring (bicyclic) bond motifs is 4. The molecule has 5 atom stereocenters. The van der Waals surface area contributed by atoms with E-state index < -0.39 is 43.4 Å². The highest BCUT2D eigenvalue weighted by Gasteiger charge is 2.44. The predicted molar refractivity (Wildman–Crippen MR) is 206 cm³/mol. The number of benzene rings is 2. The molecule has 0 aromatic heterocycles. The minimum atomic E-state index is -4.36. The number of hydrogen-bond donors (Lipinski definition) is 2. The highest BCUT2D eigenvalue weighted by molar-refractivity contribution is 7.90. The number of halogens is 1. The Morgan fingerprint density at radius 2 is 1.87 bits per heavy atom. The summed E-state index contributed by atoms with van der Waals surface area (Å²) >= 11 is 6.42. The fraction of sp³-hybridized carbons (Fsp3) is 0.579. The van der Waals surface area contributed by atoms with Crippen LogP contribution < -0.4 is 14.4 Å². The summed E-state index contributed by atoms with van der Waals surface area (Å²) in [5.41, 5.74) is 2.92. The number of anilines is 1. The molecule has 294 valence electrons. The van der Waals surface area contributed by atoms with Crippen LogP contribution in [0.1, 0.15) is 66.4 Å². The van der Waals surface area contributed by atoms with Gasteiger partial charge in [-0.3, -0.25) is 9.59 Å². The molecule has 16 heteroatoms. The lowest BCUT2D eigenvalue weighted by Crippen LogP contribution is -2.53. The number of nitrogens with one attached hydrogen (secondary N) is 1. The summed E-state index contributed by atoms with van der Waals surface area (Å²) in [6.45, 7) is 2.10. The maximum absolute atomic E-state index is 13.9. The average molecular weight is 804 g/mol. The number of piperazine rings is 1. The van der Waals surface area contributed by atoms with Crippen LogP contribution in [0.15, 0.2) is 48.6 Å². The van der Waals surface area contributed by atoms with Gasteiger partial charge < -0.3 is 19.6 Å². The van der Waals surface area contributed by atoms with Gasteiger partial charge in [-0.05, 0) is 98.2 Å². The van der Waals surface area contributed by atoms with Crippen LogP contribution in [-0.2, 0) is 36.9 Å². The van der Waals surface area contributed by atoms with Crippen LogP contribution in [-0.4, -0.2) is 119 Å². The number of hydrogen-bond acceptors (Lipinski definition) is 9. The lowest BCUT2D eigenvalue weighted by Gasteiger charge is -2.45. The maximum Gasteiger partial charge on any atom is 0.281 e. The van der Waals surface area contributed by atoms with Gasteiger partial charge in [0.2, 0.25) is 15.9 Å². The zero-order valence-electron chi connectivity index (χ0n) is 30.8. The Morgan fingerprint density at radius 1 is 1.09 bits per heavy atom. The summed E-state index contributed by atoms with van der Waals surface area (Å²) < 4.78 is 64.3. The normalized spacial score (nSPS) is 29.6. The molecule has 3 aliphatic heterocycles. The number of nitrogens with zero attached hydrogens (tertiary/aromatic N) is 4. The van der Waals surface area contributed by atoms with Crippen molar-refractivity contribution in [3.8, 4) is 5.75 Å². The first-order valence-corrected chi connectivity index (χ1v) is 22.2. The quantitative estimate of drug-likeness (QED) is 0.443. The van der Waals surface area contributed by atoms with Gasteiger partial charge in [0.05, 0.1) is 23.6 Å². The van der Waals surface area contributed by atoms with Gasteiger partial charge in [-0.2, -0.15) is 17.0 Å². The van der Waals surface area contributed by atoms with E-state index in [9.17, 15) is 31.5 Å². The highest BCUT2D eigenvalue weighted by Crippen LogP contribution is 2.47. The van der Waals surface area contributed by atoms with E-state index in [-0.39, 0.29) is 68.3 Å². The molecular weight excluding hydrogens is 754 g/mol. The van der Waals surface area contributed by atoms with Crippen LogP contribution in [0.25, 0.3) is 0 Å². The molecule has 3 heterocycles. The van der Waals surface area contributed by atoms with E-state index in [1.54, 1.807) is 30.4 Å². The number of amides is 2. The number of aliphatic hydroxyl groups excluding tert-OH is 1. The number of aryl methyl sites for hydroxylation is 1. The largest absolute Gasteiger partial charge is 0.490 e. The minimum absolute atomic E-state index is 0.0118. The standard InChI is InChI=1S/C38H50ClN5O8S2/c1-41(2)54(50,51)44-18-16-42(17-19-44)36(46)22-30-7-3-4-8-34(45)31-12-9-28(31)23-43-24-38(15-5-6-26-20-29(39)11-13-32(26)38)25-52-35-14-10-27(21-33(35)43)37(47)40-53(30,48)49/h4,8,10-11,13-14,20-21,28,30-31,34,45H,3,5-7,9,12,15-19,22-25H2,1-2H3,(H,40,47)/b8-4-/t28-,30+,31+,34-,38-/m0/s1. The van der Waals surface area contributed by atoms with Gasteiger partial charge in [0.25, 0.3) is 16.1 Å². The third-order valence-corrected chi connectivity index (χ3v) is 16.0. The molecule has 1 saturated heterocycles. The summed E-state index contributed by atoms with van der Waals surface area (Å²) in [7, 11) is -5.13. The Balaban J connectivity index is 1.16. The first kappa shape index (κ1) is 39.0. The van der Waals surface area contributed by atoms with E-state index in [4.69, 9.17) is 16.3 Å². The molecule has 2 bridgehead atoms. The third kappa shape index (κ3) is 7.77. The fourth-order valence-electron chi connectivity index (χ4n) is 8.83. The lowest BCUT2D eigenvalue weighted by molar-refractivity contribution is -0.132. The van der Waals surface area contributed by atoms with Gasteiger partial charge in [-0.1, -0.05) is 29.8 Å². The molecule has 2 N–H and O–H groups in total. The lowest BCUT2D eigenvalue weighted by atomic mass is 9.68. The smallest absolute Gasteiger partial charge is 0.281 e. The van der Waals surface area contributed by atoms with Crippen LogP contribution in [0.3, 0.4) is 0 Å². The molecule has 1 spiro atoms. The maximum atomic E-state index is 13.9. The van der Waals surface area contributed by atoms with Crippen LogP contribution in [0.4, 0.5) is 5.69 Å². The summed E-state index contributed by atoms with van der Waals surface area (Å²) in [5.74, 6) is -0.433. The van der Waals surface area contributed by atoms with Crippen molar-refractivity contribution in [1.29, 1.82) is 0 Å². The van der Waals surface area contributed by atoms with Gasteiger partial charge in [0, 0.05) is 75.8 Å². The number of rotatable bonds is 4. The SMILES string of the molecule is CN(C)S(=O)(=O)N1CCN(C(=O)C[C@H]2CC/C=C\[C@H](O)[C@@H]3CC[C@H]3CN3C[C@@]4(CCCc5cc(Cl)ccc54)COc4ccc(cc43)C(=O)NS2(=O)=O)CC1. The van der Waals surface area contributed by atoms with Crippen molar-refractivity contribution >= 4 is 49.3 Å². The van der Waals surface area contributed by atoms with Crippen LogP contribution >= 0.6 is 11.6 Å². The monoisotopic (exact) mass is 803 g/mol. The third-order valence-electron chi connectivity index (χ3n) is 12.1. The summed E-state index contributed by atoms with van der Waals surface area (Å²) in [5, 5.41) is 10.8. The summed E-state index contributed by atoms with van der Waals surface area (Å²) in [6.07, 6.45) is 7.32. The molecule has 2 fully saturated rings. The molecule has 2 aliphatic carbocycles. The molecule has 7 rings (SSSR count). The molecule has 1 saturated carbocycles. The molecule has 54 heavy (non-hydrogen) atoms. The van der Waals surface area contributed by atoms with Crippen LogP contribution in [0.2, 0.25) is 5.02 Å². The van der Waals surface area contributed by atoms with Gasteiger partial charge in [0.15, 0.2) is 0 Å².